The van der Waals surface area contributed by atoms with Crippen LogP contribution in [0.5, 0.6) is 0 Å². The quantitative estimate of drug-likeness (QED) is 0.156. The van der Waals surface area contributed by atoms with Crippen LogP contribution in [0, 0.1) is 0 Å². The summed E-state index contributed by atoms with van der Waals surface area (Å²) < 4.78 is 26.4. The molecular weight excluding hydrogens is 400 g/mol. The number of unbranched alkanes of at least 4 members (excludes halogenated alkanes) is 13. The van der Waals surface area contributed by atoms with Crippen molar-refractivity contribution in [2.75, 3.05) is 18.6 Å². The Kier molecular flexibility index (Phi) is 16.7. The summed E-state index contributed by atoms with van der Waals surface area (Å²) in [6.07, 6.45) is 19.2. The van der Waals surface area contributed by atoms with Gasteiger partial charge in [-0.2, -0.15) is 20.2 Å². The van der Waals surface area contributed by atoms with E-state index in [-0.39, 0.29) is 0 Å². The molecule has 0 fully saturated rings. The minimum absolute atomic E-state index is 0.339. The maximum atomic E-state index is 10.8. The summed E-state index contributed by atoms with van der Waals surface area (Å²) in [4.78, 5) is 0. The summed E-state index contributed by atoms with van der Waals surface area (Å²) in [5.41, 5.74) is 1.44. The number of benzene rings is 1. The number of hydrogen-bond donors (Lipinski definition) is 0. The summed E-state index contributed by atoms with van der Waals surface area (Å²) in [5, 5.41) is 0. The van der Waals surface area contributed by atoms with Gasteiger partial charge in [-0.15, -0.1) is 0 Å². The Morgan fingerprint density at radius 1 is 0.690 bits per heavy atom. The second kappa shape index (κ2) is 18.3. The van der Waals surface area contributed by atoms with Gasteiger partial charge in [0.2, 0.25) is 0 Å². The molecule has 1 aromatic carbocycles. The highest BCUT2D eigenvalue weighted by Crippen LogP contribution is 2.16. The van der Waals surface area contributed by atoms with Gasteiger partial charge in [0.15, 0.2) is 0 Å². The zero-order valence-corrected chi connectivity index (χ0v) is 20.1. The van der Waals surface area contributed by atoms with E-state index in [0.29, 0.717) is 6.61 Å². The molecule has 168 valence electrons. The highest BCUT2D eigenvalue weighted by Gasteiger charge is 2.00. The van der Waals surface area contributed by atoms with Gasteiger partial charge in [-0.1, -0.05) is 107 Å². The van der Waals surface area contributed by atoms with E-state index in [1.54, 1.807) is 0 Å². The van der Waals surface area contributed by atoms with Gasteiger partial charge in [0.05, 0.1) is 12.9 Å². The number of hydrogen-bond acceptors (Lipinski definition) is 4. The topological polar surface area (TPSA) is 43.4 Å². The molecule has 0 aliphatic rings. The minimum atomic E-state index is -3.26. The van der Waals surface area contributed by atoms with E-state index in [0.717, 1.165) is 24.9 Å². The molecule has 3 nitrogen and oxygen atoms in total. The first kappa shape index (κ1) is 26.5. The number of thioether (sulfide) groups is 1. The lowest BCUT2D eigenvalue weighted by Crippen LogP contribution is -2.03. The molecule has 5 heteroatoms. The van der Waals surface area contributed by atoms with Crippen LogP contribution in [-0.2, 0) is 20.1 Å². The first-order valence-corrected chi connectivity index (χ1v) is 14.5. The lowest BCUT2D eigenvalue weighted by Gasteiger charge is -2.04. The van der Waals surface area contributed by atoms with Crippen molar-refractivity contribution in [3.63, 3.8) is 0 Å². The van der Waals surface area contributed by atoms with Crippen LogP contribution in [0.1, 0.15) is 95.5 Å². The average molecular weight is 443 g/mol. The van der Waals surface area contributed by atoms with Gasteiger partial charge < -0.3 is 0 Å². The fraction of sp³-hybridized carbons (Fsp3) is 0.750. The Balaban J connectivity index is 1.70. The summed E-state index contributed by atoms with van der Waals surface area (Å²) in [7, 11) is -3.26. The molecule has 0 spiro atoms. The lowest BCUT2D eigenvalue weighted by molar-refractivity contribution is 0.309. The Morgan fingerprint density at radius 2 is 1.14 bits per heavy atom. The average Bonchev–Trinajstić information content (AvgIpc) is 2.69. The van der Waals surface area contributed by atoms with Gasteiger partial charge in [-0.3, -0.25) is 4.18 Å². The molecule has 0 unspecified atom stereocenters. The van der Waals surface area contributed by atoms with Gasteiger partial charge in [-0.25, -0.2) is 0 Å². The molecular formula is C24H42O3S2. The molecule has 0 aliphatic carbocycles. The minimum Gasteiger partial charge on any atom is -0.270 e. The Bertz CT molecular complexity index is 573. The van der Waals surface area contributed by atoms with Crippen LogP contribution < -0.4 is 0 Å². The van der Waals surface area contributed by atoms with Gasteiger partial charge in [0.25, 0.3) is 10.1 Å². The third-order valence-electron chi connectivity index (χ3n) is 5.09. The van der Waals surface area contributed by atoms with E-state index < -0.39 is 10.1 Å². The molecule has 1 rings (SSSR count). The highest BCUT2D eigenvalue weighted by atomic mass is 32.2. The Labute approximate surface area is 184 Å². The fourth-order valence-corrected chi connectivity index (χ4v) is 4.80. The third kappa shape index (κ3) is 19.2. The van der Waals surface area contributed by atoms with E-state index in [9.17, 15) is 8.42 Å². The second-order valence-electron chi connectivity index (χ2n) is 8.01. The maximum Gasteiger partial charge on any atom is 0.264 e. The van der Waals surface area contributed by atoms with Crippen LogP contribution in [0.2, 0.25) is 0 Å². The largest absolute Gasteiger partial charge is 0.270 e. The molecule has 0 amide bonds. The van der Waals surface area contributed by atoms with Gasteiger partial charge in [0.1, 0.15) is 0 Å². The van der Waals surface area contributed by atoms with Crippen molar-refractivity contribution in [3.05, 3.63) is 35.9 Å². The highest BCUT2D eigenvalue weighted by molar-refractivity contribution is 7.98. The molecule has 0 saturated carbocycles. The normalized spacial score (nSPS) is 11.8. The van der Waals surface area contributed by atoms with Crippen molar-refractivity contribution in [3.8, 4) is 0 Å². The molecule has 29 heavy (non-hydrogen) atoms. The molecule has 0 aromatic heterocycles. The fourth-order valence-electron chi connectivity index (χ4n) is 3.40. The number of rotatable bonds is 20. The molecule has 0 saturated heterocycles. The molecule has 0 radical (unpaired) electrons. The molecule has 0 bridgehead atoms. The predicted octanol–water partition coefficient (Wildman–Crippen LogP) is 7.36. The first-order valence-electron chi connectivity index (χ1n) is 11.5. The molecule has 0 atom stereocenters. The Morgan fingerprint density at radius 3 is 1.62 bits per heavy atom. The van der Waals surface area contributed by atoms with E-state index in [1.807, 2.05) is 0 Å². The first-order chi connectivity index (χ1) is 14.1. The van der Waals surface area contributed by atoms with Crippen LogP contribution in [-0.4, -0.2) is 27.0 Å². The smallest absolute Gasteiger partial charge is 0.264 e. The third-order valence-corrected chi connectivity index (χ3v) is 6.80. The van der Waals surface area contributed by atoms with E-state index in [1.165, 1.54) is 88.4 Å². The van der Waals surface area contributed by atoms with Crippen LogP contribution in [0.3, 0.4) is 0 Å². The summed E-state index contributed by atoms with van der Waals surface area (Å²) in [6.45, 7) is 0.339. The summed E-state index contributed by atoms with van der Waals surface area (Å²) >= 11 is 2.06. The van der Waals surface area contributed by atoms with Crippen LogP contribution in [0.4, 0.5) is 0 Å². The van der Waals surface area contributed by atoms with Crippen LogP contribution in [0.25, 0.3) is 0 Å². The van der Waals surface area contributed by atoms with Gasteiger partial charge in [0, 0.05) is 5.75 Å². The van der Waals surface area contributed by atoms with Crippen molar-refractivity contribution in [1.29, 1.82) is 0 Å². The zero-order valence-electron chi connectivity index (χ0n) is 18.4. The molecule has 0 N–H and O–H groups in total. The van der Waals surface area contributed by atoms with Crippen molar-refractivity contribution in [2.45, 2.75) is 95.6 Å². The summed E-state index contributed by atoms with van der Waals surface area (Å²) in [5.74, 6) is 2.44. The van der Waals surface area contributed by atoms with Crippen molar-refractivity contribution in [2.24, 2.45) is 0 Å². The molecule has 1 aromatic rings. The monoisotopic (exact) mass is 442 g/mol. The van der Waals surface area contributed by atoms with Crippen LogP contribution in [0.15, 0.2) is 30.3 Å². The standard InChI is InChI=1S/C24H42O3S2/c1-29(25,26)27-21-17-12-10-8-6-4-2-3-5-7-9-11-13-18-22-28-23-24-19-15-14-16-20-24/h14-16,19-20H,2-13,17-18,21-23H2,1H3. The maximum absolute atomic E-state index is 10.8. The lowest BCUT2D eigenvalue weighted by atomic mass is 10.0. The molecule has 0 heterocycles. The van der Waals surface area contributed by atoms with E-state index in [4.69, 9.17) is 4.18 Å². The zero-order chi connectivity index (χ0) is 21.0. The predicted molar refractivity (Wildman–Crippen MR) is 128 cm³/mol. The van der Waals surface area contributed by atoms with Crippen LogP contribution >= 0.6 is 11.8 Å². The molecule has 0 aliphatic heterocycles. The van der Waals surface area contributed by atoms with E-state index >= 15 is 0 Å². The second-order valence-corrected chi connectivity index (χ2v) is 10.8. The van der Waals surface area contributed by atoms with E-state index in [2.05, 4.69) is 42.1 Å². The van der Waals surface area contributed by atoms with Crippen molar-refractivity contribution in [1.82, 2.24) is 0 Å². The van der Waals surface area contributed by atoms with Crippen molar-refractivity contribution >= 4 is 21.9 Å². The Hall–Kier alpha value is -0.520. The van der Waals surface area contributed by atoms with Gasteiger partial charge in [-0.05, 0) is 24.2 Å². The van der Waals surface area contributed by atoms with Gasteiger partial charge >= 0.3 is 0 Å². The summed E-state index contributed by atoms with van der Waals surface area (Å²) in [6, 6.07) is 10.8. The van der Waals surface area contributed by atoms with Crippen molar-refractivity contribution < 1.29 is 12.6 Å². The SMILES string of the molecule is CS(=O)(=O)OCCCCCCCCCCCCCCCCSCc1ccccc1.